The van der Waals surface area contributed by atoms with E-state index in [2.05, 4.69) is 6.07 Å². The van der Waals surface area contributed by atoms with E-state index in [4.69, 9.17) is 4.74 Å². The lowest BCUT2D eigenvalue weighted by molar-refractivity contribution is 0.290. The van der Waals surface area contributed by atoms with Gasteiger partial charge in [-0.15, -0.1) is 0 Å². The molecule has 0 aliphatic rings. The Kier molecular flexibility index (Phi) is 3.97. The van der Waals surface area contributed by atoms with Crippen LogP contribution in [0, 0.1) is 11.9 Å². The van der Waals surface area contributed by atoms with E-state index in [1.54, 1.807) is 6.07 Å². The van der Waals surface area contributed by atoms with E-state index >= 15 is 0 Å². The van der Waals surface area contributed by atoms with Crippen molar-refractivity contribution in [1.29, 1.82) is 0 Å². The fourth-order valence-corrected chi connectivity index (χ4v) is 2.11. The van der Waals surface area contributed by atoms with Crippen molar-refractivity contribution in [1.82, 2.24) is 0 Å². The first-order valence-electron chi connectivity index (χ1n) is 6.76. The summed E-state index contributed by atoms with van der Waals surface area (Å²) in [6.07, 6.45) is 0. The molecule has 0 saturated carbocycles. The first-order valence-corrected chi connectivity index (χ1v) is 6.76. The molecule has 1 nitrogen and oxygen atoms in total. The Bertz CT molecular complexity index is 708. The van der Waals surface area contributed by atoms with E-state index < -0.39 is 0 Å². The average molecular weight is 277 g/mol. The number of rotatable bonds is 4. The summed E-state index contributed by atoms with van der Waals surface area (Å²) in [6, 6.07) is 25.1. The number of hydrogen-bond acceptors (Lipinski definition) is 1. The van der Waals surface area contributed by atoms with Gasteiger partial charge in [-0.25, -0.2) is 4.39 Å². The Morgan fingerprint density at radius 3 is 2.33 bits per heavy atom. The highest BCUT2D eigenvalue weighted by molar-refractivity contribution is 5.64. The molecule has 0 unspecified atom stereocenters. The summed E-state index contributed by atoms with van der Waals surface area (Å²) in [5.74, 6) is -0.0821. The molecule has 0 bridgehead atoms. The maximum Gasteiger partial charge on any atom is 0.165 e. The highest BCUT2D eigenvalue weighted by atomic mass is 19.1. The van der Waals surface area contributed by atoms with Gasteiger partial charge in [-0.1, -0.05) is 60.7 Å². The van der Waals surface area contributed by atoms with Crippen molar-refractivity contribution in [3.8, 4) is 16.9 Å². The van der Waals surface area contributed by atoms with E-state index in [0.717, 1.165) is 16.7 Å². The van der Waals surface area contributed by atoms with E-state index in [1.807, 2.05) is 60.7 Å². The minimum absolute atomic E-state index is 0.269. The smallest absolute Gasteiger partial charge is 0.165 e. The molecule has 0 atom stereocenters. The maximum atomic E-state index is 14.1. The Hall–Kier alpha value is -2.61. The molecule has 1 radical (unpaired) electrons. The standard InChI is InChI=1S/C19H14FO/c20-18-13-17(16-9-5-2-6-10-16)11-12-19(18)21-14-15-7-3-1-4-8-15/h1,3-13H,14H2. The molecule has 0 aliphatic heterocycles. The van der Waals surface area contributed by atoms with Crippen LogP contribution in [0.15, 0.2) is 72.8 Å². The summed E-state index contributed by atoms with van der Waals surface area (Å²) in [7, 11) is 0. The largest absolute Gasteiger partial charge is 0.486 e. The molecule has 0 aromatic heterocycles. The molecular weight excluding hydrogens is 263 g/mol. The molecule has 2 heteroatoms. The molecule has 3 aromatic rings. The summed E-state index contributed by atoms with van der Waals surface area (Å²) in [5, 5.41) is 0. The predicted molar refractivity (Wildman–Crippen MR) is 81.4 cm³/mol. The van der Waals surface area contributed by atoms with Gasteiger partial charge in [0.25, 0.3) is 0 Å². The van der Waals surface area contributed by atoms with Crippen LogP contribution in [0.2, 0.25) is 0 Å². The van der Waals surface area contributed by atoms with Gasteiger partial charge in [0.05, 0.1) is 0 Å². The van der Waals surface area contributed by atoms with Crippen molar-refractivity contribution in [2.75, 3.05) is 0 Å². The molecule has 0 heterocycles. The Labute approximate surface area is 123 Å². The van der Waals surface area contributed by atoms with E-state index in [0.29, 0.717) is 6.61 Å². The first kappa shape index (κ1) is 13.4. The van der Waals surface area contributed by atoms with Crippen LogP contribution in [0.4, 0.5) is 4.39 Å². The molecule has 0 N–H and O–H groups in total. The maximum absolute atomic E-state index is 14.1. The average Bonchev–Trinajstić information content (AvgIpc) is 2.55. The summed E-state index contributed by atoms with van der Waals surface area (Å²) in [6.45, 7) is 0.359. The molecule has 0 fully saturated rings. The van der Waals surface area contributed by atoms with Crippen LogP contribution >= 0.6 is 0 Å². The van der Waals surface area contributed by atoms with Crippen molar-refractivity contribution in [3.05, 3.63) is 90.2 Å². The third kappa shape index (κ3) is 3.29. The zero-order valence-corrected chi connectivity index (χ0v) is 11.4. The molecule has 3 rings (SSSR count). The molecular formula is C19H14FO. The second kappa shape index (κ2) is 6.23. The molecule has 3 aromatic carbocycles. The van der Waals surface area contributed by atoms with E-state index in [1.165, 1.54) is 6.07 Å². The van der Waals surface area contributed by atoms with Crippen molar-refractivity contribution >= 4 is 0 Å². The van der Waals surface area contributed by atoms with Crippen LogP contribution in [-0.4, -0.2) is 0 Å². The number of ether oxygens (including phenoxy) is 1. The second-order valence-corrected chi connectivity index (χ2v) is 4.71. The molecule has 0 saturated heterocycles. The van der Waals surface area contributed by atoms with Gasteiger partial charge in [0, 0.05) is 0 Å². The van der Waals surface area contributed by atoms with E-state index in [-0.39, 0.29) is 11.6 Å². The Balaban J connectivity index is 1.76. The third-order valence-electron chi connectivity index (χ3n) is 3.22. The van der Waals surface area contributed by atoms with Gasteiger partial charge in [0.15, 0.2) is 11.6 Å². The normalized spacial score (nSPS) is 10.3. The monoisotopic (exact) mass is 277 g/mol. The highest BCUT2D eigenvalue weighted by Crippen LogP contribution is 2.25. The molecule has 21 heavy (non-hydrogen) atoms. The fraction of sp³-hybridized carbons (Fsp3) is 0.0526. The Morgan fingerprint density at radius 2 is 1.62 bits per heavy atom. The van der Waals surface area contributed by atoms with Crippen LogP contribution in [0.5, 0.6) is 5.75 Å². The lowest BCUT2D eigenvalue weighted by Crippen LogP contribution is -1.97. The van der Waals surface area contributed by atoms with Gasteiger partial charge >= 0.3 is 0 Å². The van der Waals surface area contributed by atoms with Crippen LogP contribution in [0.1, 0.15) is 5.56 Å². The van der Waals surface area contributed by atoms with Gasteiger partial charge < -0.3 is 4.74 Å². The topological polar surface area (TPSA) is 9.23 Å². The highest BCUT2D eigenvalue weighted by Gasteiger charge is 2.06. The van der Waals surface area contributed by atoms with Crippen LogP contribution in [0.25, 0.3) is 11.1 Å². The van der Waals surface area contributed by atoms with Gasteiger partial charge in [-0.2, -0.15) is 0 Å². The predicted octanol–water partition coefficient (Wildman–Crippen LogP) is 4.87. The first-order chi connectivity index (χ1) is 10.3. The minimum atomic E-state index is -0.351. The third-order valence-corrected chi connectivity index (χ3v) is 3.22. The lowest BCUT2D eigenvalue weighted by atomic mass is 10.1. The van der Waals surface area contributed by atoms with Crippen molar-refractivity contribution in [2.24, 2.45) is 0 Å². The fourth-order valence-electron chi connectivity index (χ4n) is 2.11. The summed E-state index contributed by atoms with van der Waals surface area (Å²) in [5.41, 5.74) is 2.80. The lowest BCUT2D eigenvalue weighted by Gasteiger charge is -2.09. The molecule has 0 aliphatic carbocycles. The number of halogens is 1. The van der Waals surface area contributed by atoms with Gasteiger partial charge in [-0.05, 0) is 34.9 Å². The van der Waals surface area contributed by atoms with Crippen LogP contribution < -0.4 is 4.74 Å². The number of benzene rings is 3. The molecule has 0 spiro atoms. The number of hydrogen-bond donors (Lipinski definition) is 0. The minimum Gasteiger partial charge on any atom is -0.486 e. The van der Waals surface area contributed by atoms with E-state index in [9.17, 15) is 4.39 Å². The van der Waals surface area contributed by atoms with Crippen LogP contribution in [0.3, 0.4) is 0 Å². The second-order valence-electron chi connectivity index (χ2n) is 4.71. The van der Waals surface area contributed by atoms with Gasteiger partial charge in [-0.3, -0.25) is 0 Å². The summed E-state index contributed by atoms with van der Waals surface area (Å²) >= 11 is 0. The van der Waals surface area contributed by atoms with Gasteiger partial charge in [0.1, 0.15) is 6.61 Å². The summed E-state index contributed by atoms with van der Waals surface area (Å²) in [4.78, 5) is 0. The van der Waals surface area contributed by atoms with Crippen molar-refractivity contribution < 1.29 is 9.13 Å². The van der Waals surface area contributed by atoms with Crippen molar-refractivity contribution in [3.63, 3.8) is 0 Å². The SMILES string of the molecule is Fc1cc(-c2cc[c]cc2)ccc1OCc1ccccc1. The molecule has 0 amide bonds. The van der Waals surface area contributed by atoms with Crippen molar-refractivity contribution in [2.45, 2.75) is 6.61 Å². The summed E-state index contributed by atoms with van der Waals surface area (Å²) < 4.78 is 19.6. The Morgan fingerprint density at radius 1 is 0.857 bits per heavy atom. The molecule has 103 valence electrons. The van der Waals surface area contributed by atoms with Gasteiger partial charge in [0.2, 0.25) is 0 Å². The van der Waals surface area contributed by atoms with Crippen LogP contribution in [-0.2, 0) is 6.61 Å². The zero-order valence-electron chi connectivity index (χ0n) is 11.4. The quantitative estimate of drug-likeness (QED) is 0.661. The zero-order chi connectivity index (χ0) is 14.5.